The van der Waals surface area contributed by atoms with Gasteiger partial charge in [-0.3, -0.25) is 0 Å². The van der Waals surface area contributed by atoms with Gasteiger partial charge >= 0.3 is 0 Å². The average molecular weight is 280 g/mol. The molecule has 2 aromatic carbocycles. The maximum Gasteiger partial charge on any atom is 0.0718 e. The van der Waals surface area contributed by atoms with Crippen LogP contribution in [0, 0.1) is 0 Å². The van der Waals surface area contributed by atoms with Crippen molar-refractivity contribution in [2.24, 2.45) is 0 Å². The fraction of sp³-hybridized carbons (Fsp3) is 0.0588. The molecule has 0 aliphatic rings. The molecule has 106 valence electrons. The first-order valence-corrected chi connectivity index (χ1v) is 6.29. The number of carbonyl (C=O) groups is 2. The molecule has 0 N–H and O–H groups in total. The van der Waals surface area contributed by atoms with Crippen molar-refractivity contribution < 1.29 is 19.8 Å². The Hall–Kier alpha value is -2.88. The maximum absolute atomic E-state index is 11.2. The van der Waals surface area contributed by atoms with E-state index in [9.17, 15) is 19.8 Å². The predicted octanol–water partition coefficient (Wildman–Crippen LogP) is 0.669. The van der Waals surface area contributed by atoms with E-state index >= 15 is 0 Å². The highest BCUT2D eigenvalue weighted by atomic mass is 16.4. The topological polar surface area (TPSA) is 80.3 Å². The number of hydrogen-bond donors (Lipinski definition) is 0. The molecule has 0 aliphatic carbocycles. The summed E-state index contributed by atoms with van der Waals surface area (Å²) >= 11 is 0. The highest BCUT2D eigenvalue weighted by Gasteiger charge is 2.03. The largest absolute Gasteiger partial charge is 0.545 e. The molecule has 2 rings (SSSR count). The zero-order chi connectivity index (χ0) is 15.4. The lowest BCUT2D eigenvalue weighted by molar-refractivity contribution is -0.298. The number of rotatable bonds is 4. The summed E-state index contributed by atoms with van der Waals surface area (Å²) in [5.74, 6) is -2.88. The molecule has 0 aromatic heterocycles. The van der Waals surface area contributed by atoms with E-state index in [1.54, 1.807) is 6.07 Å². The number of fused-ring (bicyclic) bond motifs is 1. The van der Waals surface area contributed by atoms with E-state index in [0.717, 1.165) is 16.8 Å². The van der Waals surface area contributed by atoms with Crippen LogP contribution < -0.4 is 10.2 Å². The van der Waals surface area contributed by atoms with Gasteiger partial charge in [0, 0.05) is 5.57 Å². The number of hydrogen-bond acceptors (Lipinski definition) is 4. The van der Waals surface area contributed by atoms with Crippen molar-refractivity contribution in [1.29, 1.82) is 0 Å². The second-order valence-corrected chi connectivity index (χ2v) is 4.60. The molecule has 4 heteroatoms. The van der Waals surface area contributed by atoms with E-state index in [-0.39, 0.29) is 11.1 Å². The third-order valence-electron chi connectivity index (χ3n) is 3.06. The van der Waals surface area contributed by atoms with Gasteiger partial charge in [0.2, 0.25) is 0 Å². The van der Waals surface area contributed by atoms with Gasteiger partial charge in [-0.2, -0.15) is 0 Å². The number of carboxylic acid groups (broad SMARTS) is 2. The van der Waals surface area contributed by atoms with Gasteiger partial charge in [-0.1, -0.05) is 36.4 Å². The predicted molar refractivity (Wildman–Crippen MR) is 75.7 cm³/mol. The summed E-state index contributed by atoms with van der Waals surface area (Å²) in [4.78, 5) is 21.7. The first-order valence-electron chi connectivity index (χ1n) is 6.29. The quantitative estimate of drug-likeness (QED) is 0.609. The minimum Gasteiger partial charge on any atom is -0.545 e. The summed E-state index contributed by atoms with van der Waals surface area (Å²) < 4.78 is 0. The molecule has 0 aliphatic heterocycles. The zero-order valence-electron chi connectivity index (χ0n) is 11.3. The Morgan fingerprint density at radius 3 is 2.29 bits per heavy atom. The second-order valence-electron chi connectivity index (χ2n) is 4.60. The van der Waals surface area contributed by atoms with Gasteiger partial charge < -0.3 is 19.8 Å². The molecule has 0 amide bonds. The highest BCUT2D eigenvalue weighted by Crippen LogP contribution is 2.19. The van der Waals surface area contributed by atoms with E-state index in [1.807, 2.05) is 36.4 Å². The first-order chi connectivity index (χ1) is 9.97. The summed E-state index contributed by atoms with van der Waals surface area (Å²) in [7, 11) is 0. The second kappa shape index (κ2) is 6.05. The third kappa shape index (κ3) is 3.57. The highest BCUT2D eigenvalue weighted by molar-refractivity contribution is 5.98. The van der Waals surface area contributed by atoms with Gasteiger partial charge in [-0.25, -0.2) is 0 Å². The van der Waals surface area contributed by atoms with Crippen LogP contribution in [-0.4, -0.2) is 11.9 Å². The minimum atomic E-state index is -1.45. The van der Waals surface area contributed by atoms with Gasteiger partial charge in [0.1, 0.15) is 0 Å². The van der Waals surface area contributed by atoms with E-state index in [4.69, 9.17) is 0 Å². The Morgan fingerprint density at radius 1 is 1.00 bits per heavy atom. The van der Waals surface area contributed by atoms with Crippen molar-refractivity contribution >= 4 is 28.8 Å². The summed E-state index contributed by atoms with van der Waals surface area (Å²) in [5, 5.41) is 23.7. The van der Waals surface area contributed by atoms with E-state index in [1.165, 1.54) is 13.0 Å². The van der Waals surface area contributed by atoms with Crippen LogP contribution in [0.25, 0.3) is 16.8 Å². The van der Waals surface area contributed by atoms with Crippen LogP contribution in [0.2, 0.25) is 0 Å². The monoisotopic (exact) mass is 280 g/mol. The van der Waals surface area contributed by atoms with Crippen LogP contribution in [0.1, 0.15) is 12.5 Å². The van der Waals surface area contributed by atoms with Gasteiger partial charge in [0.25, 0.3) is 0 Å². The molecule has 0 fully saturated rings. The van der Waals surface area contributed by atoms with Crippen LogP contribution >= 0.6 is 0 Å². The number of carbonyl (C=O) groups excluding carboxylic acids is 2. The number of aliphatic carboxylic acids is 2. The van der Waals surface area contributed by atoms with E-state index in [2.05, 4.69) is 0 Å². The van der Waals surface area contributed by atoms with Gasteiger partial charge in [-0.05, 0) is 47.1 Å². The van der Waals surface area contributed by atoms with Crippen molar-refractivity contribution in [1.82, 2.24) is 0 Å². The average Bonchev–Trinajstić information content (AvgIpc) is 2.43. The smallest absolute Gasteiger partial charge is 0.0718 e. The molecule has 0 atom stereocenters. The number of benzene rings is 2. The molecule has 0 saturated heterocycles. The Labute approximate surface area is 121 Å². The molecular weight excluding hydrogens is 268 g/mol. The molecule has 0 heterocycles. The van der Waals surface area contributed by atoms with E-state index < -0.39 is 11.9 Å². The molecule has 2 aromatic rings. The van der Waals surface area contributed by atoms with Crippen molar-refractivity contribution in [3.8, 4) is 0 Å². The molecule has 0 radical (unpaired) electrons. The van der Waals surface area contributed by atoms with Crippen LogP contribution in [0.5, 0.6) is 0 Å². The Bertz CT molecular complexity index is 769. The Kier molecular flexibility index (Phi) is 4.18. The maximum atomic E-state index is 11.2. The third-order valence-corrected chi connectivity index (χ3v) is 3.06. The van der Waals surface area contributed by atoms with Crippen LogP contribution in [-0.2, 0) is 9.59 Å². The van der Waals surface area contributed by atoms with E-state index in [0.29, 0.717) is 5.56 Å². The van der Waals surface area contributed by atoms with Gasteiger partial charge in [-0.15, -0.1) is 0 Å². The van der Waals surface area contributed by atoms with Crippen LogP contribution in [0.15, 0.2) is 59.7 Å². The van der Waals surface area contributed by atoms with Crippen molar-refractivity contribution in [2.75, 3.05) is 0 Å². The van der Waals surface area contributed by atoms with Gasteiger partial charge in [0.15, 0.2) is 0 Å². The molecule has 4 nitrogen and oxygen atoms in total. The fourth-order valence-electron chi connectivity index (χ4n) is 2.05. The zero-order valence-corrected chi connectivity index (χ0v) is 11.3. The van der Waals surface area contributed by atoms with Crippen LogP contribution in [0.4, 0.5) is 0 Å². The summed E-state index contributed by atoms with van der Waals surface area (Å²) in [6.45, 7) is 1.39. The fourth-order valence-corrected chi connectivity index (χ4v) is 2.05. The lowest BCUT2D eigenvalue weighted by Gasteiger charge is -2.10. The van der Waals surface area contributed by atoms with Crippen molar-refractivity contribution in [2.45, 2.75) is 6.92 Å². The normalized spacial score (nSPS) is 12.4. The first kappa shape index (κ1) is 14.5. The Balaban J connectivity index is 2.49. The van der Waals surface area contributed by atoms with Crippen LogP contribution in [0.3, 0.4) is 0 Å². The lowest BCUT2D eigenvalue weighted by Crippen LogP contribution is -2.26. The molecule has 0 bridgehead atoms. The molecule has 21 heavy (non-hydrogen) atoms. The Morgan fingerprint density at radius 2 is 1.67 bits per heavy atom. The van der Waals surface area contributed by atoms with Crippen molar-refractivity contribution in [3.05, 3.63) is 65.3 Å². The molecule has 0 unspecified atom stereocenters. The molecular formula is C17H12O4-2. The van der Waals surface area contributed by atoms with Gasteiger partial charge in [0.05, 0.1) is 11.9 Å². The standard InChI is InChI=1S/C17H14O4/c1-11(8-16(18)19)15(17(20)21)10-12-6-7-13-4-2-3-5-14(13)9-12/h2-10H,1H3,(H,18,19)(H,20,21)/p-2/b11-8+,15-10+. The lowest BCUT2D eigenvalue weighted by atomic mass is 10.0. The molecule has 0 saturated carbocycles. The summed E-state index contributed by atoms with van der Waals surface area (Å²) in [5.41, 5.74) is 0.539. The minimum absolute atomic E-state index is 0.0724. The SMILES string of the molecule is CC(=C\C(=O)[O-])/C(=C\c1ccc2ccccc2c1)C(=O)[O-]. The summed E-state index contributed by atoms with van der Waals surface area (Å²) in [6.07, 6.45) is 2.12. The number of carboxylic acids is 2. The van der Waals surface area contributed by atoms with Crippen molar-refractivity contribution in [3.63, 3.8) is 0 Å². The summed E-state index contributed by atoms with van der Waals surface area (Å²) in [6, 6.07) is 13.1. The molecule has 0 spiro atoms.